The van der Waals surface area contributed by atoms with E-state index < -0.39 is 0 Å². The summed E-state index contributed by atoms with van der Waals surface area (Å²) in [4.78, 5) is 2.79. The quantitative estimate of drug-likeness (QED) is 0.686. The molecule has 17 heavy (non-hydrogen) atoms. The molecule has 0 spiro atoms. The van der Waals surface area contributed by atoms with Crippen molar-refractivity contribution in [3.05, 3.63) is 0 Å². The third-order valence-electron chi connectivity index (χ3n) is 4.79. The van der Waals surface area contributed by atoms with Gasteiger partial charge in [-0.15, -0.1) is 0 Å². The number of likely N-dealkylation sites (tertiary alicyclic amines) is 1. The number of hydrogen-bond donors (Lipinski definition) is 1. The molecule has 100 valence electrons. The minimum atomic E-state index is 0.876. The Bertz CT molecular complexity index is 217. The summed E-state index contributed by atoms with van der Waals surface area (Å²) in [5.41, 5.74) is 0. The Balaban J connectivity index is 1.69. The molecule has 2 rings (SSSR count). The van der Waals surface area contributed by atoms with Crippen LogP contribution in [0.1, 0.15) is 52.4 Å². The highest BCUT2D eigenvalue weighted by Gasteiger charge is 2.42. The van der Waals surface area contributed by atoms with Crippen molar-refractivity contribution in [2.24, 2.45) is 11.8 Å². The second-order valence-corrected chi connectivity index (χ2v) is 5.97. The van der Waals surface area contributed by atoms with Crippen molar-refractivity contribution in [2.75, 3.05) is 26.2 Å². The fourth-order valence-electron chi connectivity index (χ4n) is 3.85. The minimum Gasteiger partial charge on any atom is -0.316 e. The fraction of sp³-hybridized carbons (Fsp3) is 1.00. The third-order valence-corrected chi connectivity index (χ3v) is 4.79. The van der Waals surface area contributed by atoms with Crippen LogP contribution in [0, 0.1) is 11.8 Å². The van der Waals surface area contributed by atoms with E-state index in [0.29, 0.717) is 0 Å². The average molecular weight is 238 g/mol. The van der Waals surface area contributed by atoms with E-state index in [2.05, 4.69) is 24.1 Å². The zero-order chi connectivity index (χ0) is 12.1. The van der Waals surface area contributed by atoms with Gasteiger partial charge in [0.1, 0.15) is 0 Å². The largest absolute Gasteiger partial charge is 0.316 e. The molecule has 2 saturated heterocycles. The van der Waals surface area contributed by atoms with E-state index in [1.807, 2.05) is 0 Å². The lowest BCUT2D eigenvalue weighted by atomic mass is 9.93. The Morgan fingerprint density at radius 3 is 2.65 bits per heavy atom. The number of hydrogen-bond acceptors (Lipinski definition) is 2. The van der Waals surface area contributed by atoms with Crippen molar-refractivity contribution in [3.63, 3.8) is 0 Å². The normalized spacial score (nSPS) is 33.2. The van der Waals surface area contributed by atoms with Gasteiger partial charge in [0.05, 0.1) is 0 Å². The van der Waals surface area contributed by atoms with Crippen LogP contribution in [-0.2, 0) is 0 Å². The van der Waals surface area contributed by atoms with Gasteiger partial charge in [0, 0.05) is 12.6 Å². The van der Waals surface area contributed by atoms with Crippen LogP contribution in [0.15, 0.2) is 0 Å². The van der Waals surface area contributed by atoms with Crippen molar-refractivity contribution in [1.29, 1.82) is 0 Å². The topological polar surface area (TPSA) is 15.3 Å². The molecule has 2 heterocycles. The number of nitrogens with zero attached hydrogens (tertiary/aromatic N) is 1. The van der Waals surface area contributed by atoms with Gasteiger partial charge in [-0.2, -0.15) is 0 Å². The molecule has 1 N–H and O–H groups in total. The molecule has 0 aromatic carbocycles. The molecule has 0 aromatic rings. The highest BCUT2D eigenvalue weighted by molar-refractivity contribution is 4.97. The summed E-state index contributed by atoms with van der Waals surface area (Å²) in [5.74, 6) is 1.91. The molecule has 0 radical (unpaired) electrons. The van der Waals surface area contributed by atoms with Crippen LogP contribution in [0.2, 0.25) is 0 Å². The van der Waals surface area contributed by atoms with E-state index in [4.69, 9.17) is 0 Å². The second kappa shape index (κ2) is 6.75. The van der Waals surface area contributed by atoms with Gasteiger partial charge in [0.25, 0.3) is 0 Å². The van der Waals surface area contributed by atoms with Gasteiger partial charge >= 0.3 is 0 Å². The first-order valence-corrected chi connectivity index (χ1v) is 7.81. The molecule has 0 saturated carbocycles. The standard InChI is InChI=1S/C15H30N2/c1-3-5-6-7-8-9-17-12-13-10-16-11-14(13)15(17)4-2/h13-16H,3-12H2,1-2H3. The molecule has 0 bridgehead atoms. The summed E-state index contributed by atoms with van der Waals surface area (Å²) in [6.07, 6.45) is 8.43. The van der Waals surface area contributed by atoms with Crippen LogP contribution >= 0.6 is 0 Å². The lowest BCUT2D eigenvalue weighted by Crippen LogP contribution is -2.35. The lowest BCUT2D eigenvalue weighted by molar-refractivity contribution is 0.214. The Morgan fingerprint density at radius 1 is 1.06 bits per heavy atom. The first kappa shape index (κ1) is 13.4. The summed E-state index contributed by atoms with van der Waals surface area (Å²) in [5, 5.41) is 3.57. The van der Waals surface area contributed by atoms with E-state index >= 15 is 0 Å². The van der Waals surface area contributed by atoms with Gasteiger partial charge in [-0.3, -0.25) is 4.90 Å². The molecule has 3 atom stereocenters. The van der Waals surface area contributed by atoms with E-state index in [0.717, 1.165) is 17.9 Å². The van der Waals surface area contributed by atoms with Crippen LogP contribution in [0.5, 0.6) is 0 Å². The Morgan fingerprint density at radius 2 is 1.88 bits per heavy atom. The molecule has 2 nitrogen and oxygen atoms in total. The van der Waals surface area contributed by atoms with E-state index in [9.17, 15) is 0 Å². The number of rotatable bonds is 7. The minimum absolute atomic E-state index is 0.876. The maximum atomic E-state index is 3.57. The Hall–Kier alpha value is -0.0800. The van der Waals surface area contributed by atoms with Gasteiger partial charge in [-0.1, -0.05) is 39.5 Å². The van der Waals surface area contributed by atoms with Crippen molar-refractivity contribution in [3.8, 4) is 0 Å². The number of nitrogens with one attached hydrogen (secondary N) is 1. The zero-order valence-electron chi connectivity index (χ0n) is 11.8. The van der Waals surface area contributed by atoms with Crippen molar-refractivity contribution in [1.82, 2.24) is 10.2 Å². The predicted octanol–water partition coefficient (Wildman–Crippen LogP) is 2.89. The van der Waals surface area contributed by atoms with Crippen LogP contribution in [0.4, 0.5) is 0 Å². The van der Waals surface area contributed by atoms with Crippen LogP contribution in [0.25, 0.3) is 0 Å². The van der Waals surface area contributed by atoms with Crippen molar-refractivity contribution < 1.29 is 0 Å². The monoisotopic (exact) mass is 238 g/mol. The van der Waals surface area contributed by atoms with Crippen molar-refractivity contribution >= 4 is 0 Å². The summed E-state index contributed by atoms with van der Waals surface area (Å²) in [6.45, 7) is 9.93. The average Bonchev–Trinajstić information content (AvgIpc) is 2.88. The van der Waals surface area contributed by atoms with Crippen LogP contribution in [-0.4, -0.2) is 37.1 Å². The molecule has 3 unspecified atom stereocenters. The van der Waals surface area contributed by atoms with Crippen LogP contribution < -0.4 is 5.32 Å². The van der Waals surface area contributed by atoms with E-state index in [1.165, 1.54) is 64.7 Å². The van der Waals surface area contributed by atoms with Crippen molar-refractivity contribution in [2.45, 2.75) is 58.4 Å². The molecule has 2 aliphatic heterocycles. The first-order chi connectivity index (χ1) is 8.36. The Labute approximate surface area is 107 Å². The first-order valence-electron chi connectivity index (χ1n) is 7.81. The molecule has 0 aromatic heterocycles. The van der Waals surface area contributed by atoms with Crippen LogP contribution in [0.3, 0.4) is 0 Å². The van der Waals surface area contributed by atoms with E-state index in [-0.39, 0.29) is 0 Å². The smallest absolute Gasteiger partial charge is 0.0137 e. The SMILES string of the molecule is CCCCCCCN1CC2CNCC2C1CC. The lowest BCUT2D eigenvalue weighted by Gasteiger charge is -2.26. The molecule has 0 aliphatic carbocycles. The van der Waals surface area contributed by atoms with Gasteiger partial charge in [-0.05, 0) is 44.3 Å². The van der Waals surface area contributed by atoms with Gasteiger partial charge in [-0.25, -0.2) is 0 Å². The maximum Gasteiger partial charge on any atom is 0.0137 e. The molecule has 2 heteroatoms. The molecular formula is C15H30N2. The fourth-order valence-corrected chi connectivity index (χ4v) is 3.85. The summed E-state index contributed by atoms with van der Waals surface area (Å²) < 4.78 is 0. The molecular weight excluding hydrogens is 208 g/mol. The summed E-state index contributed by atoms with van der Waals surface area (Å²) in [6, 6.07) is 0.876. The van der Waals surface area contributed by atoms with Gasteiger partial charge in [0.15, 0.2) is 0 Å². The summed E-state index contributed by atoms with van der Waals surface area (Å²) in [7, 11) is 0. The highest BCUT2D eigenvalue weighted by Crippen LogP contribution is 2.34. The van der Waals surface area contributed by atoms with Gasteiger partial charge < -0.3 is 5.32 Å². The second-order valence-electron chi connectivity index (χ2n) is 5.97. The summed E-state index contributed by atoms with van der Waals surface area (Å²) >= 11 is 0. The number of fused-ring (bicyclic) bond motifs is 1. The van der Waals surface area contributed by atoms with Gasteiger partial charge in [0.2, 0.25) is 0 Å². The molecule has 0 amide bonds. The third kappa shape index (κ3) is 3.23. The molecule has 2 fully saturated rings. The van der Waals surface area contributed by atoms with E-state index in [1.54, 1.807) is 0 Å². The Kier molecular flexibility index (Phi) is 5.30. The number of unbranched alkanes of at least 4 members (excludes halogenated alkanes) is 4. The maximum absolute atomic E-state index is 3.57. The zero-order valence-corrected chi connectivity index (χ0v) is 11.8. The predicted molar refractivity (Wildman–Crippen MR) is 74.3 cm³/mol. The highest BCUT2D eigenvalue weighted by atomic mass is 15.2. The molecule has 2 aliphatic rings.